The van der Waals surface area contributed by atoms with E-state index in [1.165, 1.54) is 12.1 Å². The first-order valence-corrected chi connectivity index (χ1v) is 6.61. The van der Waals surface area contributed by atoms with Gasteiger partial charge in [0.05, 0.1) is 12.1 Å². The zero-order valence-electron chi connectivity index (χ0n) is 11.1. The lowest BCUT2D eigenvalue weighted by atomic mass is 9.91. The molecular weight excluding hydrogens is 246 g/mol. The van der Waals surface area contributed by atoms with Crippen molar-refractivity contribution in [3.05, 3.63) is 28.2 Å². The number of rotatable bonds is 4. The zero-order valence-corrected chi connectivity index (χ0v) is 11.1. The van der Waals surface area contributed by atoms with E-state index in [4.69, 9.17) is 0 Å². The maximum atomic E-state index is 12.4. The zero-order chi connectivity index (χ0) is 13.9. The summed E-state index contributed by atoms with van der Waals surface area (Å²) in [5.41, 5.74) is -0.584. The Labute approximate surface area is 111 Å². The number of carbonyl (C=O) groups is 1. The van der Waals surface area contributed by atoms with Crippen LogP contribution < -0.4 is 5.56 Å². The Morgan fingerprint density at radius 1 is 1.58 bits per heavy atom. The van der Waals surface area contributed by atoms with Crippen LogP contribution in [0.15, 0.2) is 16.9 Å². The molecule has 1 aromatic heterocycles. The largest absolute Gasteiger partial charge is 0.394 e. The highest BCUT2D eigenvalue weighted by Gasteiger charge is 2.42. The maximum Gasteiger partial charge on any atom is 0.274 e. The Morgan fingerprint density at radius 3 is 2.95 bits per heavy atom. The van der Waals surface area contributed by atoms with E-state index < -0.39 is 5.54 Å². The third-order valence-electron chi connectivity index (χ3n) is 3.75. The lowest BCUT2D eigenvalue weighted by Crippen LogP contribution is -2.50. The first-order chi connectivity index (χ1) is 9.13. The minimum absolute atomic E-state index is 0.0318. The minimum atomic E-state index is -0.469. The summed E-state index contributed by atoms with van der Waals surface area (Å²) in [6, 6.07) is 2.71. The predicted molar refractivity (Wildman–Crippen MR) is 69.9 cm³/mol. The SMILES string of the molecule is CCCC1(CO)CCCN1C(=O)c1ccc(=O)[nH]n1. The first kappa shape index (κ1) is 13.7. The number of H-pyrrole nitrogens is 1. The molecule has 0 bridgehead atoms. The molecule has 1 unspecified atom stereocenters. The summed E-state index contributed by atoms with van der Waals surface area (Å²) in [4.78, 5) is 25.1. The van der Waals surface area contributed by atoms with Crippen molar-refractivity contribution >= 4 is 5.91 Å². The maximum absolute atomic E-state index is 12.4. The number of aromatic amines is 1. The Balaban J connectivity index is 2.26. The molecule has 1 fully saturated rings. The third-order valence-corrected chi connectivity index (χ3v) is 3.75. The highest BCUT2D eigenvalue weighted by atomic mass is 16.3. The van der Waals surface area contributed by atoms with Crippen molar-refractivity contribution in [1.82, 2.24) is 15.1 Å². The fourth-order valence-electron chi connectivity index (χ4n) is 2.83. The van der Waals surface area contributed by atoms with Crippen LogP contribution in [0.25, 0.3) is 0 Å². The van der Waals surface area contributed by atoms with Gasteiger partial charge in [-0.2, -0.15) is 5.10 Å². The van der Waals surface area contributed by atoms with Crippen molar-refractivity contribution in [2.24, 2.45) is 0 Å². The van der Waals surface area contributed by atoms with Gasteiger partial charge in [0, 0.05) is 12.6 Å². The topological polar surface area (TPSA) is 86.3 Å². The van der Waals surface area contributed by atoms with E-state index >= 15 is 0 Å². The van der Waals surface area contributed by atoms with Crippen LogP contribution in [0.3, 0.4) is 0 Å². The molecule has 0 spiro atoms. The molecular formula is C13H19N3O3. The molecule has 104 valence electrons. The van der Waals surface area contributed by atoms with Crippen LogP contribution in [-0.4, -0.2) is 44.8 Å². The van der Waals surface area contributed by atoms with E-state index in [1.54, 1.807) is 4.90 Å². The van der Waals surface area contributed by atoms with Gasteiger partial charge in [-0.3, -0.25) is 9.59 Å². The van der Waals surface area contributed by atoms with Gasteiger partial charge in [0.1, 0.15) is 5.69 Å². The number of hydrogen-bond donors (Lipinski definition) is 2. The molecule has 0 radical (unpaired) electrons. The molecule has 0 saturated carbocycles. The van der Waals surface area contributed by atoms with E-state index in [-0.39, 0.29) is 23.8 Å². The van der Waals surface area contributed by atoms with Crippen LogP contribution in [0.1, 0.15) is 43.1 Å². The molecule has 6 heteroatoms. The molecule has 0 aromatic carbocycles. The van der Waals surface area contributed by atoms with E-state index in [2.05, 4.69) is 10.2 Å². The van der Waals surface area contributed by atoms with Gasteiger partial charge in [-0.05, 0) is 25.3 Å². The van der Waals surface area contributed by atoms with Gasteiger partial charge in [0.2, 0.25) is 0 Å². The number of amides is 1. The van der Waals surface area contributed by atoms with Crippen LogP contribution >= 0.6 is 0 Å². The lowest BCUT2D eigenvalue weighted by Gasteiger charge is -2.36. The number of carbonyl (C=O) groups excluding carboxylic acids is 1. The summed E-state index contributed by atoms with van der Waals surface area (Å²) < 4.78 is 0. The lowest BCUT2D eigenvalue weighted by molar-refractivity contribution is 0.0371. The summed E-state index contributed by atoms with van der Waals surface area (Å²) in [5, 5.41) is 15.7. The van der Waals surface area contributed by atoms with Gasteiger partial charge in [0.25, 0.3) is 11.5 Å². The average molecular weight is 265 g/mol. The second kappa shape index (κ2) is 5.52. The Morgan fingerprint density at radius 2 is 2.37 bits per heavy atom. The van der Waals surface area contributed by atoms with Gasteiger partial charge in [-0.1, -0.05) is 13.3 Å². The fraction of sp³-hybridized carbons (Fsp3) is 0.615. The van der Waals surface area contributed by atoms with Crippen LogP contribution in [0, 0.1) is 0 Å². The van der Waals surface area contributed by atoms with Crippen LogP contribution in [0.4, 0.5) is 0 Å². The second-order valence-electron chi connectivity index (χ2n) is 5.00. The number of hydrogen-bond acceptors (Lipinski definition) is 4. The average Bonchev–Trinajstić information content (AvgIpc) is 2.83. The van der Waals surface area contributed by atoms with Crippen LogP contribution in [0.5, 0.6) is 0 Å². The molecule has 1 aliphatic rings. The standard InChI is InChI=1S/C13H19N3O3/c1-2-6-13(9-17)7-3-8-16(13)12(19)10-4-5-11(18)15-14-10/h4-5,17H,2-3,6-9H2,1H3,(H,15,18). The van der Waals surface area contributed by atoms with Gasteiger partial charge >= 0.3 is 0 Å². The molecule has 1 amide bonds. The van der Waals surface area contributed by atoms with Crippen molar-refractivity contribution < 1.29 is 9.90 Å². The highest BCUT2D eigenvalue weighted by Crippen LogP contribution is 2.34. The smallest absolute Gasteiger partial charge is 0.274 e. The molecule has 1 saturated heterocycles. The Hall–Kier alpha value is -1.69. The van der Waals surface area contributed by atoms with Crippen molar-refractivity contribution in [2.75, 3.05) is 13.2 Å². The monoisotopic (exact) mass is 265 g/mol. The second-order valence-corrected chi connectivity index (χ2v) is 5.00. The highest BCUT2D eigenvalue weighted by molar-refractivity contribution is 5.92. The third kappa shape index (κ3) is 2.53. The summed E-state index contributed by atoms with van der Waals surface area (Å²) in [5.74, 6) is -0.226. The molecule has 0 aliphatic carbocycles. The van der Waals surface area contributed by atoms with E-state index in [0.29, 0.717) is 6.54 Å². The Bertz CT molecular complexity index is 494. The Kier molecular flexibility index (Phi) is 3.99. The molecule has 2 heterocycles. The minimum Gasteiger partial charge on any atom is -0.394 e. The number of aliphatic hydroxyl groups excluding tert-OH is 1. The van der Waals surface area contributed by atoms with Gasteiger partial charge < -0.3 is 10.0 Å². The number of nitrogens with zero attached hydrogens (tertiary/aromatic N) is 2. The van der Waals surface area contributed by atoms with Crippen molar-refractivity contribution in [1.29, 1.82) is 0 Å². The fourth-order valence-corrected chi connectivity index (χ4v) is 2.83. The number of likely N-dealkylation sites (tertiary alicyclic amines) is 1. The normalized spacial score (nSPS) is 22.7. The number of aliphatic hydroxyl groups is 1. The molecule has 19 heavy (non-hydrogen) atoms. The molecule has 1 atom stereocenters. The van der Waals surface area contributed by atoms with Crippen LogP contribution in [-0.2, 0) is 0 Å². The quantitative estimate of drug-likeness (QED) is 0.831. The van der Waals surface area contributed by atoms with E-state index in [1.807, 2.05) is 6.92 Å². The summed E-state index contributed by atoms with van der Waals surface area (Å²) in [6.45, 7) is 2.63. The van der Waals surface area contributed by atoms with E-state index in [9.17, 15) is 14.7 Å². The van der Waals surface area contributed by atoms with Gasteiger partial charge in [-0.15, -0.1) is 0 Å². The molecule has 2 N–H and O–H groups in total. The van der Waals surface area contributed by atoms with Crippen molar-refractivity contribution in [2.45, 2.75) is 38.1 Å². The van der Waals surface area contributed by atoms with Crippen molar-refractivity contribution in [3.63, 3.8) is 0 Å². The van der Waals surface area contributed by atoms with Crippen LogP contribution in [0.2, 0.25) is 0 Å². The number of aromatic nitrogens is 2. The number of nitrogens with one attached hydrogen (secondary N) is 1. The summed E-state index contributed by atoms with van der Waals surface area (Å²) in [7, 11) is 0. The molecule has 6 nitrogen and oxygen atoms in total. The first-order valence-electron chi connectivity index (χ1n) is 6.61. The van der Waals surface area contributed by atoms with Crippen molar-refractivity contribution in [3.8, 4) is 0 Å². The van der Waals surface area contributed by atoms with Gasteiger partial charge in [-0.25, -0.2) is 5.10 Å². The van der Waals surface area contributed by atoms with Gasteiger partial charge in [0.15, 0.2) is 0 Å². The molecule has 1 aliphatic heterocycles. The molecule has 2 rings (SSSR count). The molecule has 1 aromatic rings. The van der Waals surface area contributed by atoms with E-state index in [0.717, 1.165) is 25.7 Å². The summed E-state index contributed by atoms with van der Waals surface area (Å²) in [6.07, 6.45) is 3.38. The summed E-state index contributed by atoms with van der Waals surface area (Å²) >= 11 is 0. The predicted octanol–water partition coefficient (Wildman–Crippen LogP) is 0.537.